The van der Waals surface area contributed by atoms with Crippen molar-refractivity contribution in [2.24, 2.45) is 0 Å². The number of nitrogens with one attached hydrogen (secondary N) is 3. The van der Waals surface area contributed by atoms with Crippen molar-refractivity contribution in [1.82, 2.24) is 25.5 Å². The molecule has 20 heavy (non-hydrogen) atoms. The van der Waals surface area contributed by atoms with Crippen LogP contribution in [0.4, 0.5) is 0 Å². The van der Waals surface area contributed by atoms with E-state index in [0.717, 1.165) is 24.4 Å². The molecule has 2 atom stereocenters. The summed E-state index contributed by atoms with van der Waals surface area (Å²) in [6, 6.07) is 0.381. The Morgan fingerprint density at radius 3 is 3.20 bits per heavy atom. The van der Waals surface area contributed by atoms with E-state index < -0.39 is 0 Å². The summed E-state index contributed by atoms with van der Waals surface area (Å²) in [6.07, 6.45) is 3.47. The highest BCUT2D eigenvalue weighted by atomic mass is 16.2. The molecular weight excluding hydrogens is 254 g/mol. The minimum absolute atomic E-state index is 0.0659. The highest BCUT2D eigenvalue weighted by Crippen LogP contribution is 2.11. The first-order chi connectivity index (χ1) is 9.61. The predicted octanol–water partition coefficient (Wildman–Crippen LogP) is 0.271. The molecule has 0 saturated carbocycles. The zero-order valence-electron chi connectivity index (χ0n) is 12.6. The molecule has 1 aliphatic rings. The molecular formula is C14H25N5O. The number of aromatic nitrogens is 2. The van der Waals surface area contributed by atoms with Gasteiger partial charge < -0.3 is 15.2 Å². The van der Waals surface area contributed by atoms with E-state index in [2.05, 4.69) is 46.4 Å². The fraction of sp³-hybridized carbons (Fsp3) is 0.714. The fourth-order valence-electron chi connectivity index (χ4n) is 2.37. The zero-order chi connectivity index (χ0) is 14.5. The maximum atomic E-state index is 12.1. The molecule has 0 fully saturated rings. The van der Waals surface area contributed by atoms with E-state index in [1.807, 2.05) is 0 Å². The van der Waals surface area contributed by atoms with Gasteiger partial charge in [-0.05, 0) is 20.4 Å². The van der Waals surface area contributed by atoms with Gasteiger partial charge in [0.1, 0.15) is 0 Å². The van der Waals surface area contributed by atoms with Gasteiger partial charge in [0.2, 0.25) is 5.91 Å². The number of amides is 1. The number of imidazole rings is 1. The summed E-state index contributed by atoms with van der Waals surface area (Å²) in [6.45, 7) is 6.61. The average Bonchev–Trinajstić information content (AvgIpc) is 2.93. The smallest absolute Gasteiger partial charge is 0.237 e. The van der Waals surface area contributed by atoms with E-state index in [1.54, 1.807) is 6.33 Å². The lowest BCUT2D eigenvalue weighted by Crippen LogP contribution is -2.49. The summed E-state index contributed by atoms with van der Waals surface area (Å²) in [5, 5.41) is 6.24. The first-order valence-corrected chi connectivity index (χ1v) is 7.34. The molecule has 2 rings (SSSR count). The van der Waals surface area contributed by atoms with Gasteiger partial charge >= 0.3 is 0 Å². The summed E-state index contributed by atoms with van der Waals surface area (Å²) >= 11 is 0. The number of hydrogen-bond acceptors (Lipinski definition) is 4. The van der Waals surface area contributed by atoms with Gasteiger partial charge in [-0.2, -0.15) is 0 Å². The molecule has 2 heterocycles. The Morgan fingerprint density at radius 1 is 1.65 bits per heavy atom. The molecule has 0 bridgehead atoms. The summed E-state index contributed by atoms with van der Waals surface area (Å²) in [5.74, 6) is 0.0659. The molecule has 0 saturated heterocycles. The number of H-pyrrole nitrogens is 1. The highest BCUT2D eigenvalue weighted by molar-refractivity contribution is 5.82. The molecule has 0 spiro atoms. The van der Waals surface area contributed by atoms with Crippen LogP contribution in [0.15, 0.2) is 6.33 Å². The van der Waals surface area contributed by atoms with Gasteiger partial charge in [-0.1, -0.05) is 6.92 Å². The summed E-state index contributed by atoms with van der Waals surface area (Å²) in [4.78, 5) is 21.7. The van der Waals surface area contributed by atoms with Gasteiger partial charge in [0.25, 0.3) is 0 Å². The van der Waals surface area contributed by atoms with Gasteiger partial charge in [0.15, 0.2) is 0 Å². The van der Waals surface area contributed by atoms with Crippen LogP contribution in [0.2, 0.25) is 0 Å². The van der Waals surface area contributed by atoms with Crippen molar-refractivity contribution in [2.45, 2.75) is 45.3 Å². The number of rotatable bonds is 6. The van der Waals surface area contributed by atoms with Crippen molar-refractivity contribution in [2.75, 3.05) is 20.1 Å². The number of fused-ring (bicyclic) bond motifs is 1. The number of nitrogens with zero attached hydrogens (tertiary/aromatic N) is 2. The van der Waals surface area contributed by atoms with E-state index >= 15 is 0 Å². The Kier molecular flexibility index (Phi) is 5.14. The molecule has 6 nitrogen and oxygen atoms in total. The standard InChI is InChI=1S/C14H25N5O/c1-4-10(2)19(3)6-5-15-14(20)12-7-11-13(8-16-12)18-9-17-11/h9-10,12,16H,4-8H2,1-3H3,(H,15,20)(H,17,18). The number of hydrogen-bond donors (Lipinski definition) is 3. The van der Waals surface area contributed by atoms with E-state index in [0.29, 0.717) is 25.6 Å². The quantitative estimate of drug-likeness (QED) is 0.699. The lowest BCUT2D eigenvalue weighted by atomic mass is 10.0. The van der Waals surface area contributed by atoms with Crippen molar-refractivity contribution in [3.05, 3.63) is 17.7 Å². The number of carbonyl (C=O) groups is 1. The highest BCUT2D eigenvalue weighted by Gasteiger charge is 2.25. The van der Waals surface area contributed by atoms with Crippen LogP contribution in [-0.2, 0) is 17.8 Å². The predicted molar refractivity (Wildman–Crippen MR) is 78.3 cm³/mol. The van der Waals surface area contributed by atoms with Crippen molar-refractivity contribution < 1.29 is 4.79 Å². The third-order valence-corrected chi connectivity index (χ3v) is 4.15. The minimum atomic E-state index is -0.167. The van der Waals surface area contributed by atoms with Crippen LogP contribution in [0.5, 0.6) is 0 Å². The zero-order valence-corrected chi connectivity index (χ0v) is 12.6. The van der Waals surface area contributed by atoms with Crippen LogP contribution in [0, 0.1) is 0 Å². The minimum Gasteiger partial charge on any atom is -0.353 e. The number of likely N-dealkylation sites (N-methyl/N-ethyl adjacent to an activating group) is 1. The molecule has 1 aliphatic heterocycles. The SMILES string of the molecule is CCC(C)N(C)CCNC(=O)C1Cc2nc[nH]c2CN1. The van der Waals surface area contributed by atoms with Gasteiger partial charge in [0, 0.05) is 32.1 Å². The van der Waals surface area contributed by atoms with Crippen molar-refractivity contribution in [1.29, 1.82) is 0 Å². The molecule has 112 valence electrons. The third kappa shape index (κ3) is 3.58. The van der Waals surface area contributed by atoms with Gasteiger partial charge in [-0.3, -0.25) is 10.1 Å². The van der Waals surface area contributed by atoms with E-state index in [-0.39, 0.29) is 11.9 Å². The number of aromatic amines is 1. The topological polar surface area (TPSA) is 73.0 Å². The molecule has 0 aromatic carbocycles. The van der Waals surface area contributed by atoms with Crippen LogP contribution in [-0.4, -0.2) is 53.0 Å². The van der Waals surface area contributed by atoms with E-state index in [4.69, 9.17) is 0 Å². The average molecular weight is 279 g/mol. The monoisotopic (exact) mass is 279 g/mol. The second-order valence-corrected chi connectivity index (χ2v) is 5.49. The van der Waals surface area contributed by atoms with Crippen molar-refractivity contribution >= 4 is 5.91 Å². The lowest BCUT2D eigenvalue weighted by Gasteiger charge is -2.25. The molecule has 2 unspecified atom stereocenters. The van der Waals surface area contributed by atoms with Crippen LogP contribution >= 0.6 is 0 Å². The largest absolute Gasteiger partial charge is 0.353 e. The summed E-state index contributed by atoms with van der Waals surface area (Å²) in [7, 11) is 2.09. The second-order valence-electron chi connectivity index (χ2n) is 5.49. The van der Waals surface area contributed by atoms with E-state index in [1.165, 1.54) is 0 Å². The maximum absolute atomic E-state index is 12.1. The van der Waals surface area contributed by atoms with Crippen LogP contribution in [0.1, 0.15) is 31.7 Å². The fourth-order valence-corrected chi connectivity index (χ4v) is 2.37. The van der Waals surface area contributed by atoms with Gasteiger partial charge in [0.05, 0.1) is 23.8 Å². The molecule has 1 aromatic heterocycles. The van der Waals surface area contributed by atoms with Crippen molar-refractivity contribution in [3.63, 3.8) is 0 Å². The van der Waals surface area contributed by atoms with Crippen LogP contribution in [0.3, 0.4) is 0 Å². The first kappa shape index (κ1) is 15.0. The normalized spacial score (nSPS) is 19.7. The van der Waals surface area contributed by atoms with Crippen LogP contribution in [0.25, 0.3) is 0 Å². The number of carbonyl (C=O) groups excluding carboxylic acids is 1. The second kappa shape index (κ2) is 6.85. The van der Waals surface area contributed by atoms with Crippen LogP contribution < -0.4 is 10.6 Å². The van der Waals surface area contributed by atoms with Gasteiger partial charge in [-0.15, -0.1) is 0 Å². The van der Waals surface area contributed by atoms with Gasteiger partial charge in [-0.25, -0.2) is 4.98 Å². The Bertz CT molecular complexity index is 445. The summed E-state index contributed by atoms with van der Waals surface area (Å²) < 4.78 is 0. The maximum Gasteiger partial charge on any atom is 0.237 e. The molecule has 3 N–H and O–H groups in total. The Labute approximate surface area is 120 Å². The molecule has 1 amide bonds. The molecule has 1 aromatic rings. The van der Waals surface area contributed by atoms with Crippen molar-refractivity contribution in [3.8, 4) is 0 Å². The summed E-state index contributed by atoms with van der Waals surface area (Å²) in [5.41, 5.74) is 2.09. The first-order valence-electron chi connectivity index (χ1n) is 7.34. The third-order valence-electron chi connectivity index (χ3n) is 4.15. The molecule has 0 aliphatic carbocycles. The lowest BCUT2D eigenvalue weighted by molar-refractivity contribution is -0.123. The Morgan fingerprint density at radius 2 is 2.45 bits per heavy atom. The van der Waals surface area contributed by atoms with E-state index in [9.17, 15) is 4.79 Å². The molecule has 0 radical (unpaired) electrons. The Balaban J connectivity index is 1.73. The Hall–Kier alpha value is -1.40. The molecule has 6 heteroatoms.